The van der Waals surface area contributed by atoms with Gasteiger partial charge in [-0.1, -0.05) is 75.7 Å². The quantitative estimate of drug-likeness (QED) is 0.326. The number of aromatic nitrogens is 3. The van der Waals surface area contributed by atoms with Gasteiger partial charge in [-0.05, 0) is 19.9 Å². The molecule has 0 atom stereocenters. The van der Waals surface area contributed by atoms with E-state index >= 15 is 0 Å². The zero-order valence-electron chi connectivity index (χ0n) is 15.6. The summed E-state index contributed by atoms with van der Waals surface area (Å²) in [5.41, 5.74) is 5.64. The standard InChI is InChI=1S/C20H20BrN5OS/c1-3-26-19(15-10-8-14(2)9-11-15)24-25-20(26)28-13-18(27)23-22-12-16-6-4-5-7-17(16)21/h4-12H,3,13H2,1-2H3,(H,23,27). The Morgan fingerprint density at radius 3 is 2.68 bits per heavy atom. The lowest BCUT2D eigenvalue weighted by molar-refractivity contribution is -0.118. The summed E-state index contributed by atoms with van der Waals surface area (Å²) in [5.74, 6) is 0.812. The van der Waals surface area contributed by atoms with Crippen molar-refractivity contribution in [2.75, 3.05) is 5.75 Å². The molecular weight excluding hydrogens is 438 g/mol. The van der Waals surface area contributed by atoms with Gasteiger partial charge in [0.15, 0.2) is 11.0 Å². The predicted molar refractivity (Wildman–Crippen MR) is 116 cm³/mol. The minimum atomic E-state index is -0.198. The molecule has 0 aliphatic rings. The zero-order chi connectivity index (χ0) is 19.9. The molecule has 1 N–H and O–H groups in total. The number of nitrogens with one attached hydrogen (secondary N) is 1. The molecule has 8 heteroatoms. The first-order chi connectivity index (χ1) is 13.6. The molecule has 0 unspecified atom stereocenters. The summed E-state index contributed by atoms with van der Waals surface area (Å²) in [6.07, 6.45) is 1.61. The topological polar surface area (TPSA) is 72.2 Å². The molecule has 3 rings (SSSR count). The Morgan fingerprint density at radius 2 is 1.96 bits per heavy atom. The van der Waals surface area contributed by atoms with Gasteiger partial charge in [-0.3, -0.25) is 4.79 Å². The van der Waals surface area contributed by atoms with Crippen molar-refractivity contribution in [2.24, 2.45) is 5.10 Å². The summed E-state index contributed by atoms with van der Waals surface area (Å²) < 4.78 is 2.93. The molecule has 28 heavy (non-hydrogen) atoms. The van der Waals surface area contributed by atoms with Crippen molar-refractivity contribution in [1.82, 2.24) is 20.2 Å². The molecule has 0 aliphatic heterocycles. The third-order valence-corrected chi connectivity index (χ3v) is 5.66. The van der Waals surface area contributed by atoms with Gasteiger partial charge in [-0.25, -0.2) is 5.43 Å². The fraction of sp³-hybridized carbons (Fsp3) is 0.200. The highest BCUT2D eigenvalue weighted by molar-refractivity contribution is 9.10. The molecule has 0 fully saturated rings. The number of hydrogen-bond acceptors (Lipinski definition) is 5. The van der Waals surface area contributed by atoms with Gasteiger partial charge in [0.05, 0.1) is 12.0 Å². The van der Waals surface area contributed by atoms with E-state index in [0.29, 0.717) is 5.16 Å². The average Bonchev–Trinajstić information content (AvgIpc) is 3.11. The lowest BCUT2D eigenvalue weighted by Gasteiger charge is -2.07. The Hall–Kier alpha value is -2.45. The van der Waals surface area contributed by atoms with E-state index in [1.165, 1.54) is 17.3 Å². The van der Waals surface area contributed by atoms with E-state index < -0.39 is 0 Å². The molecule has 0 saturated carbocycles. The molecule has 0 radical (unpaired) electrons. The summed E-state index contributed by atoms with van der Waals surface area (Å²) in [6, 6.07) is 15.8. The van der Waals surface area contributed by atoms with E-state index in [0.717, 1.165) is 28.0 Å². The average molecular weight is 458 g/mol. The molecule has 144 valence electrons. The Balaban J connectivity index is 1.60. The van der Waals surface area contributed by atoms with E-state index in [1.54, 1.807) is 6.21 Å². The van der Waals surface area contributed by atoms with Crippen LogP contribution in [0, 0.1) is 6.92 Å². The van der Waals surface area contributed by atoms with E-state index in [1.807, 2.05) is 66.9 Å². The van der Waals surface area contributed by atoms with Crippen molar-refractivity contribution in [1.29, 1.82) is 0 Å². The third-order valence-electron chi connectivity index (χ3n) is 3.97. The van der Waals surface area contributed by atoms with E-state index in [9.17, 15) is 4.79 Å². The molecule has 1 aromatic heterocycles. The van der Waals surface area contributed by atoms with Gasteiger partial charge >= 0.3 is 0 Å². The van der Waals surface area contributed by atoms with Crippen molar-refractivity contribution < 1.29 is 4.79 Å². The van der Waals surface area contributed by atoms with Gasteiger partial charge in [0, 0.05) is 22.1 Å². The first-order valence-electron chi connectivity index (χ1n) is 8.78. The Morgan fingerprint density at radius 1 is 1.21 bits per heavy atom. The normalized spacial score (nSPS) is 11.1. The summed E-state index contributed by atoms with van der Waals surface area (Å²) >= 11 is 4.78. The second-order valence-corrected chi connectivity index (χ2v) is 7.82. The van der Waals surface area contributed by atoms with Crippen LogP contribution in [-0.2, 0) is 11.3 Å². The maximum atomic E-state index is 12.1. The van der Waals surface area contributed by atoms with Gasteiger partial charge in [0.25, 0.3) is 5.91 Å². The van der Waals surface area contributed by atoms with Crippen LogP contribution in [0.5, 0.6) is 0 Å². The highest BCUT2D eigenvalue weighted by Crippen LogP contribution is 2.24. The van der Waals surface area contributed by atoms with Crippen molar-refractivity contribution in [2.45, 2.75) is 25.5 Å². The number of aryl methyl sites for hydroxylation is 1. The Bertz CT molecular complexity index is 985. The molecule has 0 aliphatic carbocycles. The Labute approximate surface area is 176 Å². The number of hydrogen-bond donors (Lipinski definition) is 1. The minimum absolute atomic E-state index is 0.198. The van der Waals surface area contributed by atoms with Crippen LogP contribution in [-0.4, -0.2) is 32.6 Å². The van der Waals surface area contributed by atoms with E-state index in [4.69, 9.17) is 0 Å². The van der Waals surface area contributed by atoms with Crippen molar-refractivity contribution in [3.63, 3.8) is 0 Å². The number of carbonyl (C=O) groups excluding carboxylic acids is 1. The number of amides is 1. The van der Waals surface area contributed by atoms with Gasteiger partial charge in [-0.2, -0.15) is 5.10 Å². The molecule has 0 saturated heterocycles. The number of rotatable bonds is 7. The molecule has 1 heterocycles. The van der Waals surface area contributed by atoms with Gasteiger partial charge in [0.1, 0.15) is 0 Å². The van der Waals surface area contributed by atoms with Crippen LogP contribution in [0.2, 0.25) is 0 Å². The molecule has 6 nitrogen and oxygen atoms in total. The first kappa shape index (κ1) is 20.3. The summed E-state index contributed by atoms with van der Waals surface area (Å²) in [6.45, 7) is 4.81. The number of carbonyl (C=O) groups is 1. The first-order valence-corrected chi connectivity index (χ1v) is 10.6. The highest BCUT2D eigenvalue weighted by atomic mass is 79.9. The van der Waals surface area contributed by atoms with Crippen LogP contribution in [0.4, 0.5) is 0 Å². The van der Waals surface area contributed by atoms with Crippen LogP contribution >= 0.6 is 27.7 Å². The van der Waals surface area contributed by atoms with Crippen molar-refractivity contribution >= 4 is 39.8 Å². The molecule has 2 aromatic carbocycles. The lowest BCUT2D eigenvalue weighted by atomic mass is 10.1. The fourth-order valence-corrected chi connectivity index (χ4v) is 3.69. The highest BCUT2D eigenvalue weighted by Gasteiger charge is 2.14. The summed E-state index contributed by atoms with van der Waals surface area (Å²) in [4.78, 5) is 12.1. The zero-order valence-corrected chi connectivity index (χ0v) is 18.0. The molecule has 3 aromatic rings. The smallest absolute Gasteiger partial charge is 0.250 e. The maximum Gasteiger partial charge on any atom is 0.250 e. The largest absolute Gasteiger partial charge is 0.302 e. The van der Waals surface area contributed by atoms with E-state index in [2.05, 4.69) is 36.7 Å². The molecule has 0 spiro atoms. The second kappa shape index (κ2) is 9.66. The van der Waals surface area contributed by atoms with Gasteiger partial charge < -0.3 is 4.57 Å². The van der Waals surface area contributed by atoms with Crippen LogP contribution in [0.25, 0.3) is 11.4 Å². The number of halogens is 1. The number of hydrazone groups is 1. The van der Waals surface area contributed by atoms with Crippen molar-refractivity contribution in [3.8, 4) is 11.4 Å². The van der Waals surface area contributed by atoms with Crippen LogP contribution in [0.3, 0.4) is 0 Å². The van der Waals surface area contributed by atoms with Gasteiger partial charge in [-0.15, -0.1) is 10.2 Å². The van der Waals surface area contributed by atoms with Crippen LogP contribution in [0.15, 0.2) is 63.3 Å². The van der Waals surface area contributed by atoms with Crippen LogP contribution < -0.4 is 5.43 Å². The molecular formula is C20H20BrN5OS. The third kappa shape index (κ3) is 5.08. The summed E-state index contributed by atoms with van der Waals surface area (Å²) in [7, 11) is 0. The van der Waals surface area contributed by atoms with Crippen molar-refractivity contribution in [3.05, 3.63) is 64.1 Å². The minimum Gasteiger partial charge on any atom is -0.302 e. The predicted octanol–water partition coefficient (Wildman–Crippen LogP) is 4.28. The molecule has 0 bridgehead atoms. The monoisotopic (exact) mass is 457 g/mol. The molecule has 1 amide bonds. The fourth-order valence-electron chi connectivity index (χ4n) is 2.51. The maximum absolute atomic E-state index is 12.1. The number of benzene rings is 2. The lowest BCUT2D eigenvalue weighted by Crippen LogP contribution is -2.20. The van der Waals surface area contributed by atoms with E-state index in [-0.39, 0.29) is 11.7 Å². The Kier molecular flexibility index (Phi) is 7.00. The summed E-state index contributed by atoms with van der Waals surface area (Å²) in [5, 5.41) is 13.3. The van der Waals surface area contributed by atoms with Gasteiger partial charge in [0.2, 0.25) is 0 Å². The second-order valence-electron chi connectivity index (χ2n) is 6.02. The van der Waals surface area contributed by atoms with Crippen LogP contribution in [0.1, 0.15) is 18.1 Å². The SMILES string of the molecule is CCn1c(SCC(=O)NN=Cc2ccccc2Br)nnc1-c1ccc(C)cc1. The number of nitrogens with zero attached hydrogens (tertiary/aromatic N) is 4. The number of thioether (sulfide) groups is 1.